The molecule has 0 unspecified atom stereocenters. The van der Waals surface area contributed by atoms with Gasteiger partial charge in [-0.3, -0.25) is 9.59 Å². The highest BCUT2D eigenvalue weighted by Gasteiger charge is 2.29. The van der Waals surface area contributed by atoms with Crippen LogP contribution in [-0.4, -0.2) is 24.8 Å². The maximum atomic E-state index is 12.4. The zero-order valence-electron chi connectivity index (χ0n) is 16.7. The molecule has 29 heavy (non-hydrogen) atoms. The van der Waals surface area contributed by atoms with E-state index in [1.54, 1.807) is 24.3 Å². The second kappa shape index (κ2) is 9.20. The third kappa shape index (κ3) is 5.11. The van der Waals surface area contributed by atoms with Gasteiger partial charge in [0.25, 0.3) is 5.91 Å². The average molecular weight is 387 g/mol. The molecule has 3 aromatic rings. The van der Waals surface area contributed by atoms with Crippen LogP contribution < -0.4 is 10.1 Å². The molecule has 0 bridgehead atoms. The molecule has 3 aromatic carbocycles. The predicted molar refractivity (Wildman–Crippen MR) is 114 cm³/mol. The summed E-state index contributed by atoms with van der Waals surface area (Å²) in [5, 5.41) is 3.00. The molecular formula is C25H25NO3. The molecule has 4 nitrogen and oxygen atoms in total. The first-order chi connectivity index (χ1) is 14.0. The van der Waals surface area contributed by atoms with Crippen LogP contribution in [0.3, 0.4) is 0 Å². The highest BCUT2D eigenvalue weighted by molar-refractivity contribution is 5.94. The van der Waals surface area contributed by atoms with E-state index in [2.05, 4.69) is 36.5 Å². The summed E-state index contributed by atoms with van der Waals surface area (Å²) in [6.45, 7) is 4.00. The summed E-state index contributed by atoms with van der Waals surface area (Å²) in [6.07, 6.45) is 0. The Bertz CT molecular complexity index is 911. The van der Waals surface area contributed by atoms with Crippen LogP contribution in [-0.2, 0) is 10.2 Å². The lowest BCUT2D eigenvalue weighted by atomic mass is 9.76. The van der Waals surface area contributed by atoms with Crippen molar-refractivity contribution in [3.05, 3.63) is 102 Å². The summed E-state index contributed by atoms with van der Waals surface area (Å²) in [6, 6.07) is 27.1. The Labute approximate surface area is 171 Å². The first-order valence-electron chi connectivity index (χ1n) is 9.60. The second-order valence-corrected chi connectivity index (χ2v) is 7.21. The van der Waals surface area contributed by atoms with E-state index in [1.165, 1.54) is 6.92 Å². The summed E-state index contributed by atoms with van der Waals surface area (Å²) in [5.41, 5.74) is 2.52. The number of carbonyl (C=O) groups excluding carboxylic acids is 2. The molecule has 0 heterocycles. The Balaban J connectivity index is 1.65. The fraction of sp³-hybridized carbons (Fsp3) is 0.200. The van der Waals surface area contributed by atoms with Crippen molar-refractivity contribution in [1.82, 2.24) is 5.32 Å². The Hall–Kier alpha value is -3.40. The van der Waals surface area contributed by atoms with Crippen molar-refractivity contribution in [2.75, 3.05) is 13.2 Å². The summed E-state index contributed by atoms with van der Waals surface area (Å²) in [4.78, 5) is 23.7. The molecule has 0 spiro atoms. The highest BCUT2D eigenvalue weighted by atomic mass is 16.5. The molecular weight excluding hydrogens is 362 g/mol. The van der Waals surface area contributed by atoms with Gasteiger partial charge in [0, 0.05) is 17.5 Å². The minimum atomic E-state index is -0.360. The minimum Gasteiger partial charge on any atom is -0.484 e. The van der Waals surface area contributed by atoms with E-state index in [0.717, 1.165) is 11.1 Å². The van der Waals surface area contributed by atoms with Gasteiger partial charge < -0.3 is 10.1 Å². The van der Waals surface area contributed by atoms with E-state index >= 15 is 0 Å². The normalized spacial score (nSPS) is 11.0. The van der Waals surface area contributed by atoms with Crippen LogP contribution >= 0.6 is 0 Å². The second-order valence-electron chi connectivity index (χ2n) is 7.21. The molecule has 1 amide bonds. The third-order valence-corrected chi connectivity index (χ3v) is 5.09. The number of nitrogens with one attached hydrogen (secondary N) is 1. The molecule has 0 atom stereocenters. The standard InChI is InChI=1S/C25H25NO3/c1-19(27)20-13-15-23(16-14-20)29-17-24(28)26-18-25(2,21-9-5-3-6-10-21)22-11-7-4-8-12-22/h3-16H,17-18H2,1-2H3,(H,26,28). The van der Waals surface area contributed by atoms with Crippen molar-refractivity contribution in [2.24, 2.45) is 0 Å². The molecule has 0 aliphatic heterocycles. The maximum absolute atomic E-state index is 12.4. The molecule has 3 rings (SSSR count). The van der Waals surface area contributed by atoms with E-state index < -0.39 is 0 Å². The van der Waals surface area contributed by atoms with Gasteiger partial charge in [0.15, 0.2) is 12.4 Å². The maximum Gasteiger partial charge on any atom is 0.257 e. The molecule has 0 fully saturated rings. The SMILES string of the molecule is CC(=O)c1ccc(OCC(=O)NCC(C)(c2ccccc2)c2ccccc2)cc1. The number of rotatable bonds is 8. The molecule has 0 saturated heterocycles. The van der Waals surface area contributed by atoms with Crippen molar-refractivity contribution in [3.63, 3.8) is 0 Å². The Morgan fingerprint density at radius 2 is 1.34 bits per heavy atom. The van der Waals surface area contributed by atoms with Gasteiger partial charge in [0.2, 0.25) is 0 Å². The Morgan fingerprint density at radius 3 is 1.83 bits per heavy atom. The molecule has 148 valence electrons. The number of carbonyl (C=O) groups is 2. The average Bonchev–Trinajstić information content (AvgIpc) is 2.77. The Morgan fingerprint density at radius 1 is 0.828 bits per heavy atom. The van der Waals surface area contributed by atoms with Crippen LogP contribution in [0.5, 0.6) is 5.75 Å². The lowest BCUT2D eigenvalue weighted by Gasteiger charge is -2.31. The quantitative estimate of drug-likeness (QED) is 0.583. The molecule has 0 aliphatic carbocycles. The van der Waals surface area contributed by atoms with Gasteiger partial charge in [-0.1, -0.05) is 60.7 Å². The summed E-state index contributed by atoms with van der Waals surface area (Å²) in [7, 11) is 0. The van der Waals surface area contributed by atoms with Crippen molar-refractivity contribution < 1.29 is 14.3 Å². The van der Waals surface area contributed by atoms with Crippen LogP contribution in [0.4, 0.5) is 0 Å². The van der Waals surface area contributed by atoms with Gasteiger partial charge in [-0.25, -0.2) is 0 Å². The summed E-state index contributed by atoms with van der Waals surface area (Å²) >= 11 is 0. The van der Waals surface area contributed by atoms with Gasteiger partial charge in [-0.05, 0) is 49.2 Å². The zero-order chi connectivity index (χ0) is 20.7. The zero-order valence-corrected chi connectivity index (χ0v) is 16.7. The third-order valence-electron chi connectivity index (χ3n) is 5.09. The van der Waals surface area contributed by atoms with Crippen LogP contribution in [0.1, 0.15) is 35.3 Å². The van der Waals surface area contributed by atoms with Gasteiger partial charge in [0.1, 0.15) is 5.75 Å². The van der Waals surface area contributed by atoms with Gasteiger partial charge in [-0.15, -0.1) is 0 Å². The summed E-state index contributed by atoms with van der Waals surface area (Å²) in [5.74, 6) is 0.355. The number of benzene rings is 3. The molecule has 0 aliphatic rings. The molecule has 4 heteroatoms. The number of Topliss-reactive ketones (excluding diaryl/α,β-unsaturated/α-hetero) is 1. The largest absolute Gasteiger partial charge is 0.484 e. The van der Waals surface area contributed by atoms with Crippen LogP contribution in [0.15, 0.2) is 84.9 Å². The summed E-state index contributed by atoms with van der Waals surface area (Å²) < 4.78 is 5.56. The predicted octanol–water partition coefficient (Wildman–Crippen LogP) is 4.39. The first-order valence-corrected chi connectivity index (χ1v) is 9.60. The van der Waals surface area contributed by atoms with E-state index in [-0.39, 0.29) is 23.7 Å². The number of hydrogen-bond donors (Lipinski definition) is 1. The number of ketones is 1. The molecule has 0 saturated carbocycles. The van der Waals surface area contributed by atoms with Crippen LogP contribution in [0, 0.1) is 0 Å². The van der Waals surface area contributed by atoms with Crippen LogP contribution in [0.2, 0.25) is 0 Å². The van der Waals surface area contributed by atoms with E-state index in [9.17, 15) is 9.59 Å². The smallest absolute Gasteiger partial charge is 0.257 e. The molecule has 0 aromatic heterocycles. The lowest BCUT2D eigenvalue weighted by molar-refractivity contribution is -0.123. The first kappa shape index (κ1) is 20.3. The number of hydrogen-bond acceptors (Lipinski definition) is 3. The fourth-order valence-corrected chi connectivity index (χ4v) is 3.24. The number of amides is 1. The van der Waals surface area contributed by atoms with Crippen molar-refractivity contribution >= 4 is 11.7 Å². The van der Waals surface area contributed by atoms with Crippen molar-refractivity contribution in [2.45, 2.75) is 19.3 Å². The van der Waals surface area contributed by atoms with Crippen molar-refractivity contribution in [1.29, 1.82) is 0 Å². The van der Waals surface area contributed by atoms with Crippen molar-refractivity contribution in [3.8, 4) is 5.75 Å². The van der Waals surface area contributed by atoms with Gasteiger partial charge in [0.05, 0.1) is 0 Å². The Kier molecular flexibility index (Phi) is 6.45. The van der Waals surface area contributed by atoms with Gasteiger partial charge >= 0.3 is 0 Å². The fourth-order valence-electron chi connectivity index (χ4n) is 3.24. The van der Waals surface area contributed by atoms with Crippen LogP contribution in [0.25, 0.3) is 0 Å². The number of ether oxygens (including phenoxy) is 1. The van der Waals surface area contributed by atoms with E-state index in [0.29, 0.717) is 17.9 Å². The lowest BCUT2D eigenvalue weighted by Crippen LogP contribution is -2.41. The molecule has 1 N–H and O–H groups in total. The monoisotopic (exact) mass is 387 g/mol. The van der Waals surface area contributed by atoms with E-state index in [4.69, 9.17) is 4.74 Å². The molecule has 0 radical (unpaired) electrons. The van der Waals surface area contributed by atoms with Gasteiger partial charge in [-0.2, -0.15) is 0 Å². The topological polar surface area (TPSA) is 55.4 Å². The van der Waals surface area contributed by atoms with E-state index in [1.807, 2.05) is 36.4 Å². The highest BCUT2D eigenvalue weighted by Crippen LogP contribution is 2.31. The minimum absolute atomic E-state index is 0.00426.